The maximum absolute atomic E-state index is 11.8. The lowest BCUT2D eigenvalue weighted by atomic mass is 9.90. The predicted molar refractivity (Wildman–Crippen MR) is 58.9 cm³/mol. The molecule has 1 heterocycles. The molecule has 1 rings (SSSR count). The number of carbonyl (C=O) groups excluding carboxylic acids is 1. The minimum absolute atomic E-state index is 0.180. The highest BCUT2D eigenvalue weighted by atomic mass is 16.5. The van der Waals surface area contributed by atoms with E-state index in [1.165, 1.54) is 0 Å². The molecule has 0 bridgehead atoms. The van der Waals surface area contributed by atoms with Gasteiger partial charge in [0.1, 0.15) is 5.78 Å². The molecule has 1 aliphatic rings. The number of ketones is 1. The van der Waals surface area contributed by atoms with E-state index in [4.69, 9.17) is 9.47 Å². The molecule has 1 aliphatic heterocycles. The van der Waals surface area contributed by atoms with Crippen molar-refractivity contribution in [2.45, 2.75) is 45.1 Å². The minimum Gasteiger partial charge on any atom is -0.381 e. The summed E-state index contributed by atoms with van der Waals surface area (Å²) in [6.45, 7) is 5.52. The summed E-state index contributed by atoms with van der Waals surface area (Å²) >= 11 is 0. The van der Waals surface area contributed by atoms with Crippen LogP contribution in [-0.4, -0.2) is 31.7 Å². The summed E-state index contributed by atoms with van der Waals surface area (Å²) < 4.78 is 10.5. The number of hydrogen-bond acceptors (Lipinski definition) is 3. The smallest absolute Gasteiger partial charge is 0.136 e. The Hall–Kier alpha value is -0.410. The second-order valence-electron chi connectivity index (χ2n) is 4.82. The first-order valence-corrected chi connectivity index (χ1v) is 5.71. The van der Waals surface area contributed by atoms with Gasteiger partial charge in [0.05, 0.1) is 5.60 Å². The fourth-order valence-electron chi connectivity index (χ4n) is 1.75. The van der Waals surface area contributed by atoms with Crippen molar-refractivity contribution in [2.24, 2.45) is 5.92 Å². The first-order chi connectivity index (χ1) is 7.05. The molecular weight excluding hydrogens is 192 g/mol. The monoisotopic (exact) mass is 214 g/mol. The van der Waals surface area contributed by atoms with Crippen molar-refractivity contribution < 1.29 is 14.3 Å². The quantitative estimate of drug-likeness (QED) is 0.703. The van der Waals surface area contributed by atoms with E-state index >= 15 is 0 Å². The fraction of sp³-hybridized carbons (Fsp3) is 0.917. The van der Waals surface area contributed by atoms with Crippen LogP contribution in [0.3, 0.4) is 0 Å². The van der Waals surface area contributed by atoms with E-state index in [1.54, 1.807) is 7.11 Å². The Balaban J connectivity index is 2.28. The molecule has 0 amide bonds. The maximum atomic E-state index is 11.8. The van der Waals surface area contributed by atoms with Gasteiger partial charge in [-0.1, -0.05) is 0 Å². The number of hydrogen-bond donors (Lipinski definition) is 0. The van der Waals surface area contributed by atoms with E-state index in [0.717, 1.165) is 32.5 Å². The van der Waals surface area contributed by atoms with Crippen molar-refractivity contribution in [3.05, 3.63) is 0 Å². The molecule has 88 valence electrons. The third-order valence-electron chi connectivity index (χ3n) is 3.20. The SMILES string of the molecule is COC(C)(C)CCC(=O)C1CCOCC1. The Labute approximate surface area is 92.1 Å². The van der Waals surface area contributed by atoms with Gasteiger partial charge in [0.25, 0.3) is 0 Å². The Morgan fingerprint density at radius 2 is 2.00 bits per heavy atom. The van der Waals surface area contributed by atoms with Crippen LogP contribution >= 0.6 is 0 Å². The van der Waals surface area contributed by atoms with Gasteiger partial charge in [-0.05, 0) is 33.1 Å². The lowest BCUT2D eigenvalue weighted by Crippen LogP contribution is -2.27. The van der Waals surface area contributed by atoms with Crippen LogP contribution in [0.25, 0.3) is 0 Å². The van der Waals surface area contributed by atoms with Crippen molar-refractivity contribution in [1.82, 2.24) is 0 Å². The van der Waals surface area contributed by atoms with Crippen LogP contribution in [0, 0.1) is 5.92 Å². The second-order valence-corrected chi connectivity index (χ2v) is 4.82. The van der Waals surface area contributed by atoms with E-state index in [2.05, 4.69) is 0 Å². The summed E-state index contributed by atoms with van der Waals surface area (Å²) in [7, 11) is 1.69. The van der Waals surface area contributed by atoms with E-state index in [-0.39, 0.29) is 11.5 Å². The molecule has 3 heteroatoms. The summed E-state index contributed by atoms with van der Waals surface area (Å²) in [6, 6.07) is 0. The Bertz CT molecular complexity index is 205. The first kappa shape index (κ1) is 12.7. The van der Waals surface area contributed by atoms with E-state index in [9.17, 15) is 4.79 Å². The third-order valence-corrected chi connectivity index (χ3v) is 3.20. The highest BCUT2D eigenvalue weighted by Crippen LogP contribution is 2.21. The van der Waals surface area contributed by atoms with Crippen LogP contribution < -0.4 is 0 Å². The Morgan fingerprint density at radius 3 is 2.53 bits per heavy atom. The normalized spacial score (nSPS) is 19.1. The van der Waals surface area contributed by atoms with Crippen LogP contribution in [0.15, 0.2) is 0 Å². The molecule has 0 spiro atoms. The van der Waals surface area contributed by atoms with Crippen molar-refractivity contribution in [3.63, 3.8) is 0 Å². The van der Waals surface area contributed by atoms with Gasteiger partial charge in [-0.3, -0.25) is 4.79 Å². The largest absolute Gasteiger partial charge is 0.381 e. The zero-order valence-electron chi connectivity index (χ0n) is 10.0. The lowest BCUT2D eigenvalue weighted by Gasteiger charge is -2.25. The van der Waals surface area contributed by atoms with Crippen LogP contribution in [0.2, 0.25) is 0 Å². The topological polar surface area (TPSA) is 35.5 Å². The summed E-state index contributed by atoms with van der Waals surface area (Å²) in [5, 5.41) is 0. The molecular formula is C12H22O3. The molecule has 3 nitrogen and oxygen atoms in total. The zero-order valence-corrected chi connectivity index (χ0v) is 10.0. The average Bonchev–Trinajstić information content (AvgIpc) is 2.27. The van der Waals surface area contributed by atoms with Gasteiger partial charge in [-0.2, -0.15) is 0 Å². The summed E-state index contributed by atoms with van der Waals surface area (Å²) in [5.41, 5.74) is -0.180. The van der Waals surface area contributed by atoms with Crippen molar-refractivity contribution >= 4 is 5.78 Å². The molecule has 0 aromatic carbocycles. The molecule has 0 radical (unpaired) electrons. The van der Waals surface area contributed by atoms with Gasteiger partial charge in [0.2, 0.25) is 0 Å². The minimum atomic E-state index is -0.180. The highest BCUT2D eigenvalue weighted by molar-refractivity contribution is 5.81. The number of carbonyl (C=O) groups is 1. The van der Waals surface area contributed by atoms with Crippen molar-refractivity contribution in [3.8, 4) is 0 Å². The Morgan fingerprint density at radius 1 is 1.40 bits per heavy atom. The molecule has 0 saturated carbocycles. The van der Waals surface area contributed by atoms with Crippen molar-refractivity contribution in [2.75, 3.05) is 20.3 Å². The molecule has 0 unspecified atom stereocenters. The molecule has 0 N–H and O–H groups in total. The first-order valence-electron chi connectivity index (χ1n) is 5.71. The molecule has 15 heavy (non-hydrogen) atoms. The number of Topliss-reactive ketones (excluding diaryl/α,β-unsaturated/α-hetero) is 1. The summed E-state index contributed by atoms with van der Waals surface area (Å²) in [5.74, 6) is 0.606. The number of ether oxygens (including phenoxy) is 2. The van der Waals surface area contributed by atoms with Gasteiger partial charge in [-0.25, -0.2) is 0 Å². The molecule has 1 fully saturated rings. The number of rotatable bonds is 5. The third kappa shape index (κ3) is 4.31. The summed E-state index contributed by atoms with van der Waals surface area (Å²) in [4.78, 5) is 11.8. The maximum Gasteiger partial charge on any atom is 0.136 e. The van der Waals surface area contributed by atoms with Crippen molar-refractivity contribution in [1.29, 1.82) is 0 Å². The van der Waals surface area contributed by atoms with Gasteiger partial charge < -0.3 is 9.47 Å². The van der Waals surface area contributed by atoms with E-state index in [0.29, 0.717) is 12.2 Å². The van der Waals surface area contributed by atoms with Gasteiger partial charge >= 0.3 is 0 Å². The van der Waals surface area contributed by atoms with Gasteiger partial charge in [-0.15, -0.1) is 0 Å². The van der Waals surface area contributed by atoms with E-state index in [1.807, 2.05) is 13.8 Å². The van der Waals surface area contributed by atoms with Crippen LogP contribution in [-0.2, 0) is 14.3 Å². The van der Waals surface area contributed by atoms with E-state index < -0.39 is 0 Å². The van der Waals surface area contributed by atoms with Crippen LogP contribution in [0.4, 0.5) is 0 Å². The predicted octanol–water partition coefficient (Wildman–Crippen LogP) is 2.19. The average molecular weight is 214 g/mol. The summed E-state index contributed by atoms with van der Waals surface area (Å²) in [6.07, 6.45) is 3.23. The molecule has 1 saturated heterocycles. The standard InChI is InChI=1S/C12H22O3/c1-12(2,14-3)7-4-11(13)10-5-8-15-9-6-10/h10H,4-9H2,1-3H3. The number of methoxy groups -OCH3 is 1. The zero-order chi connectivity index (χ0) is 11.3. The lowest BCUT2D eigenvalue weighted by molar-refractivity contribution is -0.127. The molecule has 0 aliphatic carbocycles. The van der Waals surface area contributed by atoms with Crippen LogP contribution in [0.5, 0.6) is 0 Å². The Kier molecular flexibility index (Phi) is 4.74. The molecule has 0 atom stereocenters. The highest BCUT2D eigenvalue weighted by Gasteiger charge is 2.24. The van der Waals surface area contributed by atoms with Crippen LogP contribution in [0.1, 0.15) is 39.5 Å². The fourth-order valence-corrected chi connectivity index (χ4v) is 1.75. The molecule has 0 aromatic heterocycles. The second kappa shape index (κ2) is 5.61. The van der Waals surface area contributed by atoms with Gasteiger partial charge in [0, 0.05) is 32.7 Å². The van der Waals surface area contributed by atoms with Gasteiger partial charge in [0.15, 0.2) is 0 Å². The molecule has 0 aromatic rings.